The first-order chi connectivity index (χ1) is 14.4. The summed E-state index contributed by atoms with van der Waals surface area (Å²) in [6, 6.07) is 14.6. The number of aryl methyl sites for hydroxylation is 1. The van der Waals surface area contributed by atoms with Gasteiger partial charge in [-0.1, -0.05) is 36.4 Å². The number of carbonyl (C=O) groups is 2. The van der Waals surface area contributed by atoms with Crippen molar-refractivity contribution < 1.29 is 19.1 Å². The van der Waals surface area contributed by atoms with Crippen molar-refractivity contribution in [2.45, 2.75) is 19.8 Å². The van der Waals surface area contributed by atoms with E-state index < -0.39 is 0 Å². The fraction of sp³-hybridized carbons (Fsp3) is 0.261. The number of rotatable bonds is 8. The lowest BCUT2D eigenvalue weighted by Crippen LogP contribution is -2.26. The number of hydrogen-bond donors (Lipinski definition) is 2. The Balaban J connectivity index is 1.81. The summed E-state index contributed by atoms with van der Waals surface area (Å²) in [7, 11) is 1.37. The average Bonchev–Trinajstić information content (AvgIpc) is 3.08. The van der Waals surface area contributed by atoms with E-state index in [1.54, 1.807) is 29.2 Å². The average molecular weight is 407 g/mol. The highest BCUT2D eigenvalue weighted by Gasteiger charge is 2.33. The summed E-state index contributed by atoms with van der Waals surface area (Å²) < 4.78 is 10.4. The third-order valence-corrected chi connectivity index (χ3v) is 4.94. The summed E-state index contributed by atoms with van der Waals surface area (Å²) >= 11 is 0. The Morgan fingerprint density at radius 3 is 2.37 bits per heavy atom. The van der Waals surface area contributed by atoms with E-state index in [2.05, 4.69) is 4.74 Å². The molecular weight excluding hydrogens is 382 g/mol. The zero-order valence-corrected chi connectivity index (χ0v) is 17.1. The summed E-state index contributed by atoms with van der Waals surface area (Å²) in [6.45, 7) is 2.68. The van der Waals surface area contributed by atoms with Crippen molar-refractivity contribution in [1.82, 2.24) is 0 Å². The number of methoxy groups -OCH3 is 1. The van der Waals surface area contributed by atoms with Gasteiger partial charge in [0.25, 0.3) is 5.91 Å². The minimum Gasteiger partial charge on any atom is -0.495 e. The molecule has 0 aromatic heterocycles. The van der Waals surface area contributed by atoms with Crippen molar-refractivity contribution in [2.75, 3.05) is 25.2 Å². The maximum Gasteiger partial charge on any atom is 0.305 e. The molecule has 2 aromatic carbocycles. The van der Waals surface area contributed by atoms with Crippen LogP contribution in [0.5, 0.6) is 0 Å². The van der Waals surface area contributed by atoms with E-state index in [0.717, 1.165) is 16.8 Å². The summed E-state index contributed by atoms with van der Waals surface area (Å²) in [5, 5.41) is 7.53. The van der Waals surface area contributed by atoms with Gasteiger partial charge in [0.1, 0.15) is 11.6 Å². The molecule has 0 fully saturated rings. The van der Waals surface area contributed by atoms with E-state index in [1.165, 1.54) is 7.11 Å². The molecule has 1 amide bonds. The van der Waals surface area contributed by atoms with Crippen molar-refractivity contribution >= 4 is 29.0 Å². The second-order valence-electron chi connectivity index (χ2n) is 6.86. The molecule has 30 heavy (non-hydrogen) atoms. The number of carbonyl (C=O) groups excluding carboxylic acids is 2. The molecule has 0 radical (unpaired) electrons. The topological polar surface area (TPSA) is 106 Å². The van der Waals surface area contributed by atoms with Crippen LogP contribution in [0.1, 0.15) is 30.0 Å². The number of nitrogen functional groups attached to an aromatic ring is 1. The van der Waals surface area contributed by atoms with Crippen LogP contribution in [-0.2, 0) is 25.5 Å². The van der Waals surface area contributed by atoms with Crippen molar-refractivity contribution in [1.29, 1.82) is 5.41 Å². The number of hydrogen-bond acceptors (Lipinski definition) is 5. The summed E-state index contributed by atoms with van der Waals surface area (Å²) in [5.74, 6) is 0.205. The molecule has 0 atom stereocenters. The first kappa shape index (κ1) is 21.1. The minimum atomic E-state index is -0.250. The molecule has 2 aromatic rings. The predicted octanol–water partition coefficient (Wildman–Crippen LogP) is 2.87. The molecule has 1 aliphatic heterocycles. The number of benzene rings is 2. The van der Waals surface area contributed by atoms with Gasteiger partial charge in [0, 0.05) is 17.7 Å². The number of ether oxygens (including phenoxy) is 2. The van der Waals surface area contributed by atoms with Gasteiger partial charge in [-0.25, -0.2) is 0 Å². The van der Waals surface area contributed by atoms with E-state index in [0.29, 0.717) is 42.9 Å². The molecule has 156 valence electrons. The summed E-state index contributed by atoms with van der Waals surface area (Å²) in [5.41, 5.74) is 9.12. The fourth-order valence-corrected chi connectivity index (χ4v) is 3.34. The SMILES string of the molecule is CCOC1=C(c2ccc(C(=N)N)cc2)C(=O)N(c2ccc(CCC(=O)OC)cc2)C1. The van der Waals surface area contributed by atoms with Crippen molar-refractivity contribution in [3.05, 3.63) is 71.0 Å². The molecule has 1 aliphatic rings. The Labute approximate surface area is 175 Å². The molecule has 0 bridgehead atoms. The van der Waals surface area contributed by atoms with E-state index in [-0.39, 0.29) is 17.7 Å². The van der Waals surface area contributed by atoms with Crippen LogP contribution >= 0.6 is 0 Å². The minimum absolute atomic E-state index is 0.0211. The van der Waals surface area contributed by atoms with E-state index in [1.807, 2.05) is 31.2 Å². The zero-order chi connectivity index (χ0) is 21.7. The van der Waals surface area contributed by atoms with Gasteiger partial charge in [-0.3, -0.25) is 15.0 Å². The molecule has 3 rings (SSSR count). The molecule has 0 spiro atoms. The first-order valence-corrected chi connectivity index (χ1v) is 9.73. The predicted molar refractivity (Wildman–Crippen MR) is 115 cm³/mol. The molecule has 1 heterocycles. The lowest BCUT2D eigenvalue weighted by atomic mass is 10.0. The molecule has 3 N–H and O–H groups in total. The molecule has 7 nitrogen and oxygen atoms in total. The van der Waals surface area contributed by atoms with Crippen LogP contribution in [0.25, 0.3) is 5.57 Å². The van der Waals surface area contributed by atoms with Gasteiger partial charge in [-0.05, 0) is 36.6 Å². The Kier molecular flexibility index (Phi) is 6.51. The second-order valence-corrected chi connectivity index (χ2v) is 6.86. The molecule has 0 unspecified atom stereocenters. The van der Waals surface area contributed by atoms with Gasteiger partial charge in [0.05, 0.1) is 25.8 Å². The monoisotopic (exact) mass is 407 g/mol. The summed E-state index contributed by atoms with van der Waals surface area (Å²) in [4.78, 5) is 26.2. The van der Waals surface area contributed by atoms with Gasteiger partial charge >= 0.3 is 5.97 Å². The fourth-order valence-electron chi connectivity index (χ4n) is 3.34. The Bertz CT molecular complexity index is 979. The lowest BCUT2D eigenvalue weighted by molar-refractivity contribution is -0.140. The normalized spacial score (nSPS) is 13.5. The number of nitrogens with one attached hydrogen (secondary N) is 1. The number of nitrogens with zero attached hydrogens (tertiary/aromatic N) is 1. The largest absolute Gasteiger partial charge is 0.495 e. The van der Waals surface area contributed by atoms with E-state index >= 15 is 0 Å². The molecule has 0 saturated carbocycles. The van der Waals surface area contributed by atoms with E-state index in [9.17, 15) is 9.59 Å². The third kappa shape index (κ3) is 4.51. The molecule has 0 aliphatic carbocycles. The maximum atomic E-state index is 13.2. The highest BCUT2D eigenvalue weighted by Crippen LogP contribution is 2.32. The van der Waals surface area contributed by atoms with Gasteiger partial charge in [-0.15, -0.1) is 0 Å². The van der Waals surface area contributed by atoms with Gasteiger partial charge in [0.15, 0.2) is 0 Å². The highest BCUT2D eigenvalue weighted by atomic mass is 16.5. The van der Waals surface area contributed by atoms with Gasteiger partial charge < -0.3 is 20.1 Å². The van der Waals surface area contributed by atoms with Gasteiger partial charge in [0.2, 0.25) is 0 Å². The van der Waals surface area contributed by atoms with E-state index in [4.69, 9.17) is 15.9 Å². The smallest absolute Gasteiger partial charge is 0.305 e. The molecular formula is C23H25N3O4. The third-order valence-electron chi connectivity index (χ3n) is 4.94. The first-order valence-electron chi connectivity index (χ1n) is 9.73. The number of nitrogens with two attached hydrogens (primary N) is 1. The molecule has 7 heteroatoms. The Hall–Kier alpha value is -3.61. The number of esters is 1. The quantitative estimate of drug-likeness (QED) is 0.398. The van der Waals surface area contributed by atoms with Crippen LogP contribution in [0.4, 0.5) is 5.69 Å². The van der Waals surface area contributed by atoms with Crippen LogP contribution in [-0.4, -0.2) is 38.0 Å². The van der Waals surface area contributed by atoms with Crippen molar-refractivity contribution in [2.24, 2.45) is 5.73 Å². The molecule has 0 saturated heterocycles. The summed E-state index contributed by atoms with van der Waals surface area (Å²) in [6.07, 6.45) is 0.895. The van der Waals surface area contributed by atoms with Crippen molar-refractivity contribution in [3.63, 3.8) is 0 Å². The number of amidine groups is 1. The maximum absolute atomic E-state index is 13.2. The Morgan fingerprint density at radius 1 is 1.13 bits per heavy atom. The van der Waals surface area contributed by atoms with Gasteiger partial charge in [-0.2, -0.15) is 0 Å². The second kappa shape index (κ2) is 9.26. The standard InChI is InChI=1S/C23H25N3O4/c1-3-30-19-14-26(18-11-4-15(5-12-18)6-13-20(27)29-2)23(28)21(19)16-7-9-17(10-8-16)22(24)25/h4-5,7-12H,3,6,13-14H2,1-2H3,(H3,24,25). The van der Waals surface area contributed by atoms with Crippen molar-refractivity contribution in [3.8, 4) is 0 Å². The van der Waals surface area contributed by atoms with Crippen LogP contribution < -0.4 is 10.6 Å². The number of anilines is 1. The van der Waals surface area contributed by atoms with Crippen LogP contribution in [0.2, 0.25) is 0 Å². The van der Waals surface area contributed by atoms with Crippen LogP contribution in [0.15, 0.2) is 54.3 Å². The zero-order valence-electron chi connectivity index (χ0n) is 17.1. The lowest BCUT2D eigenvalue weighted by Gasteiger charge is -2.17. The highest BCUT2D eigenvalue weighted by molar-refractivity contribution is 6.29. The van der Waals surface area contributed by atoms with Crippen LogP contribution in [0.3, 0.4) is 0 Å². The Morgan fingerprint density at radius 2 is 1.80 bits per heavy atom. The van der Waals surface area contributed by atoms with Crippen LogP contribution in [0, 0.1) is 5.41 Å². The number of amides is 1.